The zero-order chi connectivity index (χ0) is 22.5. The predicted molar refractivity (Wildman–Crippen MR) is 89.1 cm³/mol. The summed E-state index contributed by atoms with van der Waals surface area (Å²) in [6.07, 6.45) is -10.9. The second-order valence-corrected chi connectivity index (χ2v) is 8.45. The molecule has 4 rings (SSSR count). The fourth-order valence-electron chi connectivity index (χ4n) is 5.06. The molecule has 3 heterocycles. The highest BCUT2D eigenvalue weighted by Gasteiger charge is 2.73. The molecule has 30 heavy (non-hydrogen) atoms. The number of imide groups is 1. The Balaban J connectivity index is 1.71. The lowest BCUT2D eigenvalue weighted by Gasteiger charge is -2.33. The van der Waals surface area contributed by atoms with Gasteiger partial charge in [-0.05, 0) is 38.8 Å². The number of carbonyl (C=O) groups is 2. The number of carbonyl (C=O) groups excluding carboxylic acids is 2. The Hall–Kier alpha value is -2.14. The smallest absolute Gasteiger partial charge is 0.369 e. The molecule has 2 bridgehead atoms. The third-order valence-corrected chi connectivity index (χ3v) is 6.57. The van der Waals surface area contributed by atoms with Gasteiger partial charge in [-0.1, -0.05) is 12.1 Å². The summed E-state index contributed by atoms with van der Waals surface area (Å²) in [5.41, 5.74) is -8.42. The van der Waals surface area contributed by atoms with Crippen molar-refractivity contribution >= 4 is 17.5 Å². The lowest BCUT2D eigenvalue weighted by molar-refractivity contribution is -0.376. The van der Waals surface area contributed by atoms with Crippen molar-refractivity contribution < 1.29 is 45.8 Å². The fourth-order valence-corrected chi connectivity index (χ4v) is 5.06. The number of ether oxygens (including phenoxy) is 1. The number of halogens is 6. The van der Waals surface area contributed by atoms with Crippen molar-refractivity contribution in [3.05, 3.63) is 29.8 Å². The molecule has 1 aromatic carbocycles. The SMILES string of the molecule is CC12CCC(C)(O1)C1C(=O)N(c3ccc(C(O)(C(F)(F)F)C(F)(F)F)cc3)C(=O)C12. The highest BCUT2D eigenvalue weighted by atomic mass is 19.4. The van der Waals surface area contributed by atoms with Crippen LogP contribution in [0.25, 0.3) is 0 Å². The van der Waals surface area contributed by atoms with E-state index >= 15 is 0 Å². The van der Waals surface area contributed by atoms with Gasteiger partial charge in [-0.3, -0.25) is 9.59 Å². The van der Waals surface area contributed by atoms with Gasteiger partial charge in [0.1, 0.15) is 0 Å². The van der Waals surface area contributed by atoms with Crippen molar-refractivity contribution in [2.45, 2.75) is 55.8 Å². The number of aliphatic hydroxyl groups is 1. The van der Waals surface area contributed by atoms with Crippen LogP contribution in [0.15, 0.2) is 24.3 Å². The van der Waals surface area contributed by atoms with Crippen LogP contribution in [-0.2, 0) is 19.9 Å². The molecule has 4 atom stereocenters. The van der Waals surface area contributed by atoms with E-state index < -0.39 is 58.4 Å². The molecule has 11 heteroatoms. The van der Waals surface area contributed by atoms with E-state index in [9.17, 15) is 41.0 Å². The molecule has 2 amide bonds. The molecular formula is C19H17F6NO4. The van der Waals surface area contributed by atoms with Crippen LogP contribution in [0.3, 0.4) is 0 Å². The lowest BCUT2D eigenvalue weighted by atomic mass is 9.69. The fraction of sp³-hybridized carbons (Fsp3) is 0.579. The first-order valence-electron chi connectivity index (χ1n) is 9.11. The zero-order valence-corrected chi connectivity index (χ0v) is 15.8. The summed E-state index contributed by atoms with van der Waals surface area (Å²) in [6.45, 7) is 3.43. The van der Waals surface area contributed by atoms with Crippen LogP contribution < -0.4 is 4.90 Å². The standard InChI is InChI=1S/C19H17F6NO4/c1-15-7-8-16(2,30-15)12-11(15)13(27)26(14(12)28)10-5-3-9(4-6-10)17(29,18(20,21)22)19(23,24)25/h3-6,11-12,29H,7-8H2,1-2H3. The normalized spacial score (nSPS) is 34.1. The summed E-state index contributed by atoms with van der Waals surface area (Å²) in [4.78, 5) is 26.7. The van der Waals surface area contributed by atoms with Crippen LogP contribution in [0.5, 0.6) is 0 Å². The third kappa shape index (κ3) is 2.44. The number of fused-ring (bicyclic) bond motifs is 5. The molecule has 3 fully saturated rings. The van der Waals surface area contributed by atoms with Gasteiger partial charge in [0.25, 0.3) is 5.60 Å². The molecule has 5 nitrogen and oxygen atoms in total. The largest absolute Gasteiger partial charge is 0.430 e. The Morgan fingerprint density at radius 1 is 0.900 bits per heavy atom. The minimum atomic E-state index is -6.03. The number of amides is 2. The summed E-state index contributed by atoms with van der Waals surface area (Å²) < 4.78 is 84.2. The Bertz CT molecular complexity index is 878. The molecule has 0 saturated carbocycles. The van der Waals surface area contributed by atoms with E-state index in [0.29, 0.717) is 25.0 Å². The molecule has 1 aromatic rings. The van der Waals surface area contributed by atoms with Crippen LogP contribution in [0.2, 0.25) is 0 Å². The van der Waals surface area contributed by atoms with E-state index in [1.807, 2.05) is 0 Å². The van der Waals surface area contributed by atoms with Crippen molar-refractivity contribution in [2.24, 2.45) is 11.8 Å². The van der Waals surface area contributed by atoms with Gasteiger partial charge in [0, 0.05) is 5.56 Å². The van der Waals surface area contributed by atoms with Crippen LogP contribution in [0.1, 0.15) is 32.3 Å². The first kappa shape index (κ1) is 21.1. The maximum Gasteiger partial charge on any atom is 0.430 e. The van der Waals surface area contributed by atoms with Gasteiger partial charge in [0.2, 0.25) is 11.8 Å². The molecule has 164 valence electrons. The molecule has 0 spiro atoms. The highest BCUT2D eigenvalue weighted by molar-refractivity contribution is 6.23. The van der Waals surface area contributed by atoms with Crippen molar-refractivity contribution in [3.8, 4) is 0 Å². The molecule has 0 aromatic heterocycles. The van der Waals surface area contributed by atoms with E-state index in [-0.39, 0.29) is 5.69 Å². The van der Waals surface area contributed by atoms with Gasteiger partial charge in [-0.25, -0.2) is 4.90 Å². The summed E-state index contributed by atoms with van der Waals surface area (Å²) in [7, 11) is 0. The van der Waals surface area contributed by atoms with E-state index in [1.54, 1.807) is 13.8 Å². The number of alkyl halides is 6. The van der Waals surface area contributed by atoms with Crippen molar-refractivity contribution in [1.29, 1.82) is 0 Å². The second-order valence-electron chi connectivity index (χ2n) is 8.45. The topological polar surface area (TPSA) is 66.8 Å². The maximum atomic E-state index is 13.0. The average molecular weight is 437 g/mol. The van der Waals surface area contributed by atoms with Crippen LogP contribution in [0.4, 0.5) is 32.0 Å². The van der Waals surface area contributed by atoms with Gasteiger partial charge < -0.3 is 9.84 Å². The van der Waals surface area contributed by atoms with Gasteiger partial charge >= 0.3 is 12.4 Å². The highest BCUT2D eigenvalue weighted by Crippen LogP contribution is 2.61. The second kappa shape index (κ2) is 5.76. The van der Waals surface area contributed by atoms with E-state index in [0.717, 1.165) is 17.0 Å². The van der Waals surface area contributed by atoms with Crippen molar-refractivity contribution in [3.63, 3.8) is 0 Å². The average Bonchev–Trinajstić information content (AvgIpc) is 3.16. The van der Waals surface area contributed by atoms with E-state index in [2.05, 4.69) is 0 Å². The number of hydrogen-bond acceptors (Lipinski definition) is 4. The van der Waals surface area contributed by atoms with Gasteiger partial charge in [0.15, 0.2) is 0 Å². The Labute approximate surface area is 166 Å². The maximum absolute atomic E-state index is 13.0. The number of hydrogen-bond donors (Lipinski definition) is 1. The molecular weight excluding hydrogens is 420 g/mol. The molecule has 1 N–H and O–H groups in total. The minimum absolute atomic E-state index is 0.165. The van der Waals surface area contributed by atoms with Crippen LogP contribution in [0, 0.1) is 11.8 Å². The number of rotatable bonds is 2. The Morgan fingerprint density at radius 2 is 1.30 bits per heavy atom. The molecule has 0 radical (unpaired) electrons. The van der Waals surface area contributed by atoms with E-state index in [1.165, 1.54) is 0 Å². The van der Waals surface area contributed by atoms with Gasteiger partial charge in [-0.15, -0.1) is 0 Å². The first-order valence-corrected chi connectivity index (χ1v) is 9.11. The Morgan fingerprint density at radius 3 is 1.67 bits per heavy atom. The summed E-state index contributed by atoms with van der Waals surface area (Å²) in [5, 5.41) is 9.48. The number of anilines is 1. The van der Waals surface area contributed by atoms with Gasteiger partial charge in [0.05, 0.1) is 28.7 Å². The molecule has 0 aliphatic carbocycles. The van der Waals surface area contributed by atoms with Gasteiger partial charge in [-0.2, -0.15) is 26.3 Å². The lowest BCUT2D eigenvalue weighted by Crippen LogP contribution is -2.53. The Kier molecular flexibility index (Phi) is 4.05. The van der Waals surface area contributed by atoms with E-state index in [4.69, 9.17) is 4.74 Å². The summed E-state index contributed by atoms with van der Waals surface area (Å²) in [6, 6.07) is 2.42. The minimum Gasteiger partial charge on any atom is -0.369 e. The van der Waals surface area contributed by atoms with Crippen molar-refractivity contribution in [1.82, 2.24) is 0 Å². The predicted octanol–water partition coefficient (Wildman–Crippen LogP) is 3.45. The quantitative estimate of drug-likeness (QED) is 0.569. The first-order chi connectivity index (χ1) is 13.6. The van der Waals surface area contributed by atoms with Crippen molar-refractivity contribution in [2.75, 3.05) is 4.90 Å². The monoisotopic (exact) mass is 437 g/mol. The molecule has 4 unspecified atom stereocenters. The molecule has 3 aliphatic heterocycles. The molecule has 3 saturated heterocycles. The van der Waals surface area contributed by atoms with Crippen LogP contribution in [-0.4, -0.2) is 40.5 Å². The molecule has 3 aliphatic rings. The summed E-state index contributed by atoms with van der Waals surface area (Å²) >= 11 is 0. The summed E-state index contributed by atoms with van der Waals surface area (Å²) in [5.74, 6) is -2.76. The number of nitrogens with zero attached hydrogens (tertiary/aromatic N) is 1. The third-order valence-electron chi connectivity index (χ3n) is 6.57. The number of benzene rings is 1. The van der Waals surface area contributed by atoms with Crippen LogP contribution >= 0.6 is 0 Å². The zero-order valence-electron chi connectivity index (χ0n) is 15.8.